The van der Waals surface area contributed by atoms with E-state index in [4.69, 9.17) is 0 Å². The maximum absolute atomic E-state index is 4.37. The van der Waals surface area contributed by atoms with Crippen LogP contribution in [0, 0.1) is 0 Å². The molecule has 6 heteroatoms. The van der Waals surface area contributed by atoms with Crippen LogP contribution in [0.4, 0.5) is 0 Å². The average Bonchev–Trinajstić information content (AvgIpc) is 3.16. The fourth-order valence-electron chi connectivity index (χ4n) is 3.55. The number of rotatable bonds is 4. The second kappa shape index (κ2) is 6.94. The molecule has 0 spiro atoms. The highest BCUT2D eigenvalue weighted by atomic mass is 79.9. The molecule has 126 valence electrons. The Balaban J connectivity index is 1.61. The Morgan fingerprint density at radius 1 is 1.21 bits per heavy atom. The van der Waals surface area contributed by atoms with Crippen molar-refractivity contribution < 1.29 is 0 Å². The van der Waals surface area contributed by atoms with Crippen molar-refractivity contribution in [3.05, 3.63) is 39.8 Å². The largest absolute Gasteiger partial charge is 0.295 e. The third-order valence-electron chi connectivity index (χ3n) is 4.84. The van der Waals surface area contributed by atoms with Gasteiger partial charge < -0.3 is 0 Å². The van der Waals surface area contributed by atoms with Crippen LogP contribution in [0.2, 0.25) is 0 Å². The van der Waals surface area contributed by atoms with E-state index in [1.807, 2.05) is 12.1 Å². The van der Waals surface area contributed by atoms with E-state index in [9.17, 15) is 0 Å². The van der Waals surface area contributed by atoms with Gasteiger partial charge in [0.15, 0.2) is 5.82 Å². The highest BCUT2D eigenvalue weighted by Gasteiger charge is 2.22. The first-order valence-electron chi connectivity index (χ1n) is 8.58. The zero-order valence-corrected chi connectivity index (χ0v) is 16.2. The van der Waals surface area contributed by atoms with Crippen molar-refractivity contribution in [1.82, 2.24) is 19.5 Å². The standard InChI is InChI=1S/C18H21BrN4S/c1-2-15-5-3-4-10-22(15)11-16-12-23-17(20-21-18(23)24-16)13-6-8-14(19)9-7-13/h6-9,12,15H,2-5,10-11H2,1H3. The third kappa shape index (κ3) is 3.15. The molecule has 24 heavy (non-hydrogen) atoms. The van der Waals surface area contributed by atoms with Crippen molar-refractivity contribution in [1.29, 1.82) is 0 Å². The molecule has 1 fully saturated rings. The van der Waals surface area contributed by atoms with Crippen molar-refractivity contribution in [2.24, 2.45) is 0 Å². The minimum absolute atomic E-state index is 0.734. The molecule has 0 N–H and O–H groups in total. The lowest BCUT2D eigenvalue weighted by atomic mass is 10.0. The highest BCUT2D eigenvalue weighted by molar-refractivity contribution is 9.10. The van der Waals surface area contributed by atoms with Crippen LogP contribution >= 0.6 is 27.3 Å². The molecule has 1 saturated heterocycles. The molecular formula is C18H21BrN4S. The molecule has 3 heterocycles. The van der Waals surface area contributed by atoms with Crippen molar-refractivity contribution in [3.8, 4) is 11.4 Å². The summed E-state index contributed by atoms with van der Waals surface area (Å²) in [5, 5.41) is 8.74. The molecule has 1 unspecified atom stereocenters. The Kier molecular flexibility index (Phi) is 4.70. The van der Waals surface area contributed by atoms with Crippen molar-refractivity contribution in [3.63, 3.8) is 0 Å². The number of fused-ring (bicyclic) bond motifs is 1. The average molecular weight is 405 g/mol. The van der Waals surface area contributed by atoms with Crippen molar-refractivity contribution in [2.75, 3.05) is 6.54 Å². The van der Waals surface area contributed by atoms with Gasteiger partial charge in [-0.05, 0) is 37.9 Å². The van der Waals surface area contributed by atoms with E-state index in [1.165, 1.54) is 37.1 Å². The molecule has 3 aromatic rings. The summed E-state index contributed by atoms with van der Waals surface area (Å²) >= 11 is 5.24. The molecule has 1 aliphatic heterocycles. The van der Waals surface area contributed by atoms with Crippen LogP contribution in [0.5, 0.6) is 0 Å². The number of benzene rings is 1. The summed E-state index contributed by atoms with van der Waals surface area (Å²) < 4.78 is 3.21. The molecule has 0 aliphatic carbocycles. The molecule has 1 atom stereocenters. The van der Waals surface area contributed by atoms with Crippen molar-refractivity contribution >= 4 is 32.2 Å². The Labute approximate surface area is 154 Å². The minimum Gasteiger partial charge on any atom is -0.295 e. The van der Waals surface area contributed by atoms with Gasteiger partial charge in [-0.25, -0.2) is 0 Å². The van der Waals surface area contributed by atoms with Gasteiger partial charge in [0.2, 0.25) is 4.96 Å². The van der Waals surface area contributed by atoms with Crippen LogP contribution in [0.3, 0.4) is 0 Å². The first-order chi connectivity index (χ1) is 11.7. The van der Waals surface area contributed by atoms with Gasteiger partial charge in [0.25, 0.3) is 0 Å². The zero-order valence-electron chi connectivity index (χ0n) is 13.8. The Morgan fingerprint density at radius 3 is 2.83 bits per heavy atom. The Morgan fingerprint density at radius 2 is 2.04 bits per heavy atom. The lowest BCUT2D eigenvalue weighted by molar-refractivity contribution is 0.137. The first kappa shape index (κ1) is 16.2. The number of piperidine rings is 1. The lowest BCUT2D eigenvalue weighted by Crippen LogP contribution is -2.38. The molecule has 1 aliphatic rings. The predicted octanol–water partition coefficient (Wildman–Crippen LogP) is 4.98. The molecule has 0 radical (unpaired) electrons. The number of hydrogen-bond acceptors (Lipinski definition) is 4. The Bertz CT molecular complexity index is 823. The molecule has 4 nitrogen and oxygen atoms in total. The molecule has 0 saturated carbocycles. The molecule has 2 aromatic heterocycles. The van der Waals surface area contributed by atoms with Crippen LogP contribution in [-0.2, 0) is 6.54 Å². The lowest BCUT2D eigenvalue weighted by Gasteiger charge is -2.34. The van der Waals surface area contributed by atoms with E-state index in [2.05, 4.69) is 60.7 Å². The summed E-state index contributed by atoms with van der Waals surface area (Å²) in [5.41, 5.74) is 1.10. The van der Waals surface area contributed by atoms with Gasteiger partial charge in [-0.3, -0.25) is 9.30 Å². The monoisotopic (exact) mass is 404 g/mol. The maximum Gasteiger partial charge on any atom is 0.216 e. The number of aromatic nitrogens is 3. The van der Waals surface area contributed by atoms with Crippen LogP contribution < -0.4 is 0 Å². The van der Waals surface area contributed by atoms with E-state index >= 15 is 0 Å². The number of hydrogen-bond donors (Lipinski definition) is 0. The second-order valence-corrected chi connectivity index (χ2v) is 8.42. The summed E-state index contributed by atoms with van der Waals surface area (Å²) in [6.45, 7) is 4.56. The van der Waals surface area contributed by atoms with E-state index in [0.717, 1.165) is 33.4 Å². The van der Waals surface area contributed by atoms with E-state index in [0.29, 0.717) is 0 Å². The molecule has 0 bridgehead atoms. The van der Waals surface area contributed by atoms with Gasteiger partial charge in [0.1, 0.15) is 0 Å². The number of halogens is 1. The minimum atomic E-state index is 0.734. The number of nitrogens with zero attached hydrogens (tertiary/aromatic N) is 4. The molecular weight excluding hydrogens is 384 g/mol. The Hall–Kier alpha value is -1.24. The summed E-state index contributed by atoms with van der Waals surface area (Å²) in [7, 11) is 0. The summed E-state index contributed by atoms with van der Waals surface area (Å²) in [6, 6.07) is 8.98. The van der Waals surface area contributed by atoms with E-state index in [1.54, 1.807) is 11.3 Å². The predicted molar refractivity (Wildman–Crippen MR) is 102 cm³/mol. The molecule has 4 rings (SSSR count). The molecule has 1 aromatic carbocycles. The fraction of sp³-hybridized carbons (Fsp3) is 0.444. The normalized spacial score (nSPS) is 19.2. The summed E-state index contributed by atoms with van der Waals surface area (Å²) in [5.74, 6) is 0.922. The zero-order chi connectivity index (χ0) is 16.5. The fourth-order valence-corrected chi connectivity index (χ4v) is 4.76. The third-order valence-corrected chi connectivity index (χ3v) is 6.33. The van der Waals surface area contributed by atoms with Gasteiger partial charge in [0.05, 0.1) is 0 Å². The maximum atomic E-state index is 4.37. The van der Waals surface area contributed by atoms with Crippen LogP contribution in [0.25, 0.3) is 16.3 Å². The van der Waals surface area contributed by atoms with Gasteiger partial charge in [0, 0.05) is 33.7 Å². The van der Waals surface area contributed by atoms with Gasteiger partial charge >= 0.3 is 0 Å². The van der Waals surface area contributed by atoms with Crippen LogP contribution in [0.1, 0.15) is 37.5 Å². The number of thiazole rings is 1. The summed E-state index contributed by atoms with van der Waals surface area (Å²) in [4.78, 5) is 4.99. The summed E-state index contributed by atoms with van der Waals surface area (Å²) in [6.07, 6.45) is 7.50. The topological polar surface area (TPSA) is 33.4 Å². The molecule has 0 amide bonds. The quantitative estimate of drug-likeness (QED) is 0.614. The van der Waals surface area contributed by atoms with Crippen LogP contribution in [0.15, 0.2) is 34.9 Å². The van der Waals surface area contributed by atoms with Crippen LogP contribution in [-0.4, -0.2) is 32.1 Å². The smallest absolute Gasteiger partial charge is 0.216 e. The second-order valence-electron chi connectivity index (χ2n) is 6.41. The highest BCUT2D eigenvalue weighted by Crippen LogP contribution is 2.28. The van der Waals surface area contributed by atoms with E-state index < -0.39 is 0 Å². The number of likely N-dealkylation sites (tertiary alicyclic amines) is 1. The van der Waals surface area contributed by atoms with Gasteiger partial charge in [-0.15, -0.1) is 10.2 Å². The van der Waals surface area contributed by atoms with Gasteiger partial charge in [-0.2, -0.15) is 0 Å². The first-order valence-corrected chi connectivity index (χ1v) is 10.2. The SMILES string of the molecule is CCC1CCCCN1Cc1cn2c(-c3ccc(Br)cc3)nnc2s1. The van der Waals surface area contributed by atoms with Gasteiger partial charge in [-0.1, -0.05) is 52.7 Å². The van der Waals surface area contributed by atoms with Crippen molar-refractivity contribution in [2.45, 2.75) is 45.2 Å². The van der Waals surface area contributed by atoms with E-state index in [-0.39, 0.29) is 0 Å².